The van der Waals surface area contributed by atoms with Gasteiger partial charge in [-0.25, -0.2) is 0 Å². The summed E-state index contributed by atoms with van der Waals surface area (Å²) in [5, 5.41) is 1.17. The van der Waals surface area contributed by atoms with Gasteiger partial charge in [0.2, 0.25) is 0 Å². The first kappa shape index (κ1) is 16.1. The van der Waals surface area contributed by atoms with Gasteiger partial charge in [-0.05, 0) is 37.0 Å². The molecule has 2 heterocycles. The van der Waals surface area contributed by atoms with E-state index in [4.69, 9.17) is 0 Å². The zero-order valence-corrected chi connectivity index (χ0v) is 15.6. The molecule has 0 saturated heterocycles. The Labute approximate surface area is 158 Å². The summed E-state index contributed by atoms with van der Waals surface area (Å²) >= 11 is 0. The molecule has 0 unspecified atom stereocenters. The Morgan fingerprint density at radius 1 is 0.741 bits per heavy atom. The zero-order valence-electron chi connectivity index (χ0n) is 15.6. The van der Waals surface area contributed by atoms with Crippen molar-refractivity contribution < 1.29 is 0 Å². The van der Waals surface area contributed by atoms with Crippen LogP contribution >= 0.6 is 0 Å². The Hall–Kier alpha value is -3.13. The molecule has 0 radical (unpaired) electrons. The minimum atomic E-state index is 0.117. The molecule has 5 rings (SSSR count). The molecule has 0 atom stereocenters. The van der Waals surface area contributed by atoms with Crippen molar-refractivity contribution in [2.45, 2.75) is 26.8 Å². The molecule has 4 aromatic rings. The maximum absolute atomic E-state index is 13.6. The Balaban J connectivity index is 1.96. The van der Waals surface area contributed by atoms with Crippen molar-refractivity contribution in [1.82, 2.24) is 4.57 Å². The van der Waals surface area contributed by atoms with Crippen molar-refractivity contribution in [3.63, 3.8) is 0 Å². The predicted molar refractivity (Wildman–Crippen MR) is 112 cm³/mol. The molecule has 0 amide bonds. The number of rotatable bonds is 2. The minimum Gasteiger partial charge on any atom is -0.307 e. The molecule has 27 heavy (non-hydrogen) atoms. The highest BCUT2D eigenvalue weighted by Crippen LogP contribution is 2.38. The lowest BCUT2D eigenvalue weighted by atomic mass is 9.91. The van der Waals surface area contributed by atoms with Crippen LogP contribution in [0.4, 0.5) is 0 Å². The Kier molecular flexibility index (Phi) is 3.54. The molecule has 2 heteroatoms. The third-order valence-electron chi connectivity index (χ3n) is 5.65. The molecular weight excluding hydrogens is 330 g/mol. The lowest BCUT2D eigenvalue weighted by molar-refractivity contribution is 0.743. The van der Waals surface area contributed by atoms with Gasteiger partial charge in [-0.1, -0.05) is 77.9 Å². The Bertz CT molecular complexity index is 1230. The summed E-state index contributed by atoms with van der Waals surface area (Å²) in [4.78, 5) is 13.6. The van der Waals surface area contributed by atoms with Crippen LogP contribution in [0.2, 0.25) is 0 Å². The molecule has 0 bridgehead atoms. The van der Waals surface area contributed by atoms with Gasteiger partial charge in [0.05, 0.1) is 11.1 Å². The monoisotopic (exact) mass is 351 g/mol. The highest BCUT2D eigenvalue weighted by molar-refractivity contribution is 6.03. The van der Waals surface area contributed by atoms with Gasteiger partial charge >= 0.3 is 0 Å². The molecular formula is C25H21NO. The molecule has 0 aliphatic carbocycles. The van der Waals surface area contributed by atoms with Crippen molar-refractivity contribution in [3.8, 4) is 22.3 Å². The SMILES string of the molecule is Cc1ccc(-c2c(-c3ccc(C)cc3)c3cccc4c3n(c2=O)CC4)cc1. The number of aryl methyl sites for hydroxylation is 4. The molecule has 0 fully saturated rings. The fourth-order valence-electron chi connectivity index (χ4n) is 4.25. The molecule has 0 N–H and O–H groups in total. The van der Waals surface area contributed by atoms with Crippen LogP contribution in [-0.4, -0.2) is 4.57 Å². The second-order valence-corrected chi connectivity index (χ2v) is 7.50. The normalized spacial score (nSPS) is 12.7. The van der Waals surface area contributed by atoms with Crippen LogP contribution in [0.25, 0.3) is 33.2 Å². The molecule has 0 saturated carbocycles. The highest BCUT2D eigenvalue weighted by Gasteiger charge is 2.23. The van der Waals surface area contributed by atoms with Gasteiger partial charge in [-0.15, -0.1) is 0 Å². The maximum Gasteiger partial charge on any atom is 0.259 e. The van der Waals surface area contributed by atoms with Gasteiger partial charge in [-0.3, -0.25) is 4.79 Å². The van der Waals surface area contributed by atoms with Gasteiger partial charge < -0.3 is 4.57 Å². The van der Waals surface area contributed by atoms with E-state index in [1.54, 1.807) is 0 Å². The quantitative estimate of drug-likeness (QED) is 0.467. The molecule has 1 aliphatic rings. The van der Waals surface area contributed by atoms with Crippen molar-refractivity contribution >= 4 is 10.9 Å². The summed E-state index contributed by atoms with van der Waals surface area (Å²) in [5.41, 5.74) is 8.87. The van der Waals surface area contributed by atoms with Crippen molar-refractivity contribution in [3.05, 3.63) is 93.8 Å². The Morgan fingerprint density at radius 3 is 1.96 bits per heavy atom. The lowest BCUT2D eigenvalue weighted by Gasteiger charge is -2.16. The highest BCUT2D eigenvalue weighted by atomic mass is 16.1. The summed E-state index contributed by atoms with van der Waals surface area (Å²) < 4.78 is 1.97. The molecule has 1 aromatic heterocycles. The largest absolute Gasteiger partial charge is 0.307 e. The number of aromatic nitrogens is 1. The van der Waals surface area contributed by atoms with Crippen LogP contribution in [0.1, 0.15) is 16.7 Å². The third-order valence-corrected chi connectivity index (χ3v) is 5.65. The number of para-hydroxylation sites is 1. The molecule has 3 aromatic carbocycles. The van der Waals surface area contributed by atoms with Crippen LogP contribution in [0.3, 0.4) is 0 Å². The smallest absolute Gasteiger partial charge is 0.259 e. The van der Waals surface area contributed by atoms with E-state index in [9.17, 15) is 4.79 Å². The first-order valence-electron chi connectivity index (χ1n) is 9.46. The third kappa shape index (κ3) is 2.44. The summed E-state index contributed by atoms with van der Waals surface area (Å²) in [6.45, 7) is 4.93. The topological polar surface area (TPSA) is 22.0 Å². The number of benzene rings is 3. The zero-order chi connectivity index (χ0) is 18.5. The van der Waals surface area contributed by atoms with Crippen molar-refractivity contribution in [2.75, 3.05) is 0 Å². The van der Waals surface area contributed by atoms with Crippen LogP contribution < -0.4 is 5.56 Å². The summed E-state index contributed by atoms with van der Waals surface area (Å²) in [5.74, 6) is 0. The summed E-state index contributed by atoms with van der Waals surface area (Å²) in [6.07, 6.45) is 0.928. The fraction of sp³-hybridized carbons (Fsp3) is 0.160. The number of hydrogen-bond acceptors (Lipinski definition) is 1. The van der Waals surface area contributed by atoms with E-state index in [-0.39, 0.29) is 5.56 Å². The van der Waals surface area contributed by atoms with Gasteiger partial charge in [-0.2, -0.15) is 0 Å². The van der Waals surface area contributed by atoms with Crippen LogP contribution in [-0.2, 0) is 13.0 Å². The fourth-order valence-corrected chi connectivity index (χ4v) is 4.25. The van der Waals surface area contributed by atoms with E-state index in [0.29, 0.717) is 0 Å². The first-order chi connectivity index (χ1) is 13.1. The van der Waals surface area contributed by atoms with Gasteiger partial charge in [0.15, 0.2) is 0 Å². The van der Waals surface area contributed by atoms with E-state index in [2.05, 4.69) is 80.6 Å². The number of nitrogens with zero attached hydrogens (tertiary/aromatic N) is 1. The second-order valence-electron chi connectivity index (χ2n) is 7.50. The summed E-state index contributed by atoms with van der Waals surface area (Å²) in [7, 11) is 0. The van der Waals surface area contributed by atoms with Crippen molar-refractivity contribution in [1.29, 1.82) is 0 Å². The van der Waals surface area contributed by atoms with E-state index in [1.807, 2.05) is 4.57 Å². The molecule has 1 aliphatic heterocycles. The minimum absolute atomic E-state index is 0.117. The summed E-state index contributed by atoms with van der Waals surface area (Å²) in [6, 6.07) is 23.2. The van der Waals surface area contributed by atoms with Crippen LogP contribution in [0.5, 0.6) is 0 Å². The van der Waals surface area contributed by atoms with Gasteiger partial charge in [0, 0.05) is 17.5 Å². The van der Waals surface area contributed by atoms with Crippen molar-refractivity contribution in [2.24, 2.45) is 0 Å². The van der Waals surface area contributed by atoms with E-state index >= 15 is 0 Å². The second kappa shape index (κ2) is 5.95. The Morgan fingerprint density at radius 2 is 1.33 bits per heavy atom. The average Bonchev–Trinajstić information content (AvgIpc) is 3.12. The molecule has 2 nitrogen and oxygen atoms in total. The first-order valence-corrected chi connectivity index (χ1v) is 9.46. The lowest BCUT2D eigenvalue weighted by Crippen LogP contribution is -2.21. The average molecular weight is 351 g/mol. The maximum atomic E-state index is 13.6. The van der Waals surface area contributed by atoms with E-state index < -0.39 is 0 Å². The molecule has 0 spiro atoms. The van der Waals surface area contributed by atoms with Crippen LogP contribution in [0.15, 0.2) is 71.5 Å². The van der Waals surface area contributed by atoms with Gasteiger partial charge in [0.1, 0.15) is 0 Å². The molecule has 132 valence electrons. The number of pyridine rings is 1. The van der Waals surface area contributed by atoms with Crippen LogP contribution in [0, 0.1) is 13.8 Å². The standard InChI is InChI=1S/C25H21NO/c1-16-6-10-18(11-7-16)22-21-5-3-4-20-14-15-26(24(20)21)25(27)23(22)19-12-8-17(2)9-13-19/h3-13H,14-15H2,1-2H3. The van der Waals surface area contributed by atoms with E-state index in [1.165, 1.54) is 22.1 Å². The predicted octanol–water partition coefficient (Wildman–Crippen LogP) is 5.51. The van der Waals surface area contributed by atoms with Gasteiger partial charge in [0.25, 0.3) is 5.56 Å². The van der Waals surface area contributed by atoms with E-state index in [0.717, 1.165) is 40.7 Å². The number of hydrogen-bond donors (Lipinski definition) is 0.